The van der Waals surface area contributed by atoms with Gasteiger partial charge in [0.25, 0.3) is 0 Å². The second-order valence-corrected chi connectivity index (χ2v) is 5.72. The Hall–Kier alpha value is -2.82. The Balaban J connectivity index is 2.19. The van der Waals surface area contributed by atoms with Gasteiger partial charge in [-0.25, -0.2) is 9.97 Å². The van der Waals surface area contributed by atoms with Crippen LogP contribution in [-0.4, -0.2) is 28.2 Å². The highest BCUT2D eigenvalue weighted by molar-refractivity contribution is 5.91. The van der Waals surface area contributed by atoms with Gasteiger partial charge in [0.15, 0.2) is 17.3 Å². The van der Waals surface area contributed by atoms with Crippen molar-refractivity contribution in [3.8, 4) is 22.9 Å². The van der Waals surface area contributed by atoms with Gasteiger partial charge in [-0.05, 0) is 37.6 Å². The van der Waals surface area contributed by atoms with Crippen LogP contribution in [-0.2, 0) is 0 Å². The van der Waals surface area contributed by atoms with Gasteiger partial charge >= 0.3 is 0 Å². The zero-order valence-electron chi connectivity index (χ0n) is 14.1. The maximum absolute atomic E-state index is 10.4. The normalized spacial score (nSPS) is 12.1. The minimum atomic E-state index is 0.0461. The molecule has 2 N–H and O–H groups in total. The van der Waals surface area contributed by atoms with Gasteiger partial charge in [-0.1, -0.05) is 25.1 Å². The van der Waals surface area contributed by atoms with Crippen molar-refractivity contribution in [3.05, 3.63) is 42.5 Å². The summed E-state index contributed by atoms with van der Waals surface area (Å²) >= 11 is 0. The fraction of sp³-hybridized carbons (Fsp3) is 0.263. The van der Waals surface area contributed by atoms with E-state index in [-0.39, 0.29) is 11.8 Å². The van der Waals surface area contributed by atoms with Crippen LogP contribution in [0.25, 0.3) is 22.3 Å². The number of aromatic nitrogens is 2. The Labute approximate surface area is 141 Å². The standard InChI is InChI=1S/C19H21N3O2/c1-4-12(2)20-18-13-8-5-6-10-15(13)21-19(22-18)14-9-7-11-16(24-3)17(14)23/h5-12,23H,4H2,1-3H3,(H,20,21,22)/t12-/m1/s1. The molecule has 0 fully saturated rings. The van der Waals surface area contributed by atoms with E-state index in [0.29, 0.717) is 17.1 Å². The number of nitrogens with one attached hydrogen (secondary N) is 1. The lowest BCUT2D eigenvalue weighted by atomic mass is 10.1. The highest BCUT2D eigenvalue weighted by atomic mass is 16.5. The van der Waals surface area contributed by atoms with E-state index in [1.807, 2.05) is 30.3 Å². The number of para-hydroxylation sites is 2. The van der Waals surface area contributed by atoms with Crippen molar-refractivity contribution in [2.75, 3.05) is 12.4 Å². The van der Waals surface area contributed by atoms with E-state index in [0.717, 1.165) is 23.1 Å². The van der Waals surface area contributed by atoms with Crippen molar-refractivity contribution in [1.82, 2.24) is 9.97 Å². The van der Waals surface area contributed by atoms with Crippen LogP contribution in [0.2, 0.25) is 0 Å². The third kappa shape index (κ3) is 2.97. The molecule has 0 aliphatic carbocycles. The second kappa shape index (κ2) is 6.74. The van der Waals surface area contributed by atoms with Crippen LogP contribution in [0.15, 0.2) is 42.5 Å². The van der Waals surface area contributed by atoms with E-state index in [2.05, 4.69) is 29.1 Å². The first-order valence-corrected chi connectivity index (χ1v) is 8.03. The third-order valence-electron chi connectivity index (χ3n) is 4.06. The molecular formula is C19H21N3O2. The lowest BCUT2D eigenvalue weighted by Crippen LogP contribution is -2.15. The first-order valence-electron chi connectivity index (χ1n) is 8.03. The monoisotopic (exact) mass is 323 g/mol. The summed E-state index contributed by atoms with van der Waals surface area (Å²) in [6, 6.07) is 13.4. The summed E-state index contributed by atoms with van der Waals surface area (Å²) in [6.07, 6.45) is 0.984. The van der Waals surface area contributed by atoms with Crippen LogP contribution in [0.4, 0.5) is 5.82 Å². The van der Waals surface area contributed by atoms with Crippen LogP contribution in [0.3, 0.4) is 0 Å². The zero-order valence-corrected chi connectivity index (χ0v) is 14.1. The van der Waals surface area contributed by atoms with Crippen LogP contribution in [0, 0.1) is 0 Å². The summed E-state index contributed by atoms with van der Waals surface area (Å²) in [5.74, 6) is 1.69. The maximum atomic E-state index is 10.4. The van der Waals surface area contributed by atoms with Gasteiger partial charge in [0.05, 0.1) is 18.2 Å². The van der Waals surface area contributed by atoms with Gasteiger partial charge in [0.2, 0.25) is 0 Å². The van der Waals surface area contributed by atoms with E-state index in [4.69, 9.17) is 4.74 Å². The highest BCUT2D eigenvalue weighted by Crippen LogP contribution is 2.36. The van der Waals surface area contributed by atoms with Gasteiger partial charge in [-0.2, -0.15) is 0 Å². The van der Waals surface area contributed by atoms with Gasteiger partial charge in [-0.15, -0.1) is 0 Å². The predicted octanol–water partition coefficient (Wildman–Crippen LogP) is 4.22. The van der Waals surface area contributed by atoms with Crippen molar-refractivity contribution in [2.45, 2.75) is 26.3 Å². The molecule has 0 amide bonds. The number of methoxy groups -OCH3 is 1. The molecule has 0 aliphatic rings. The van der Waals surface area contributed by atoms with Crippen molar-refractivity contribution >= 4 is 16.7 Å². The summed E-state index contributed by atoms with van der Waals surface area (Å²) < 4.78 is 5.19. The number of phenolic OH excluding ortho intramolecular Hbond substituents is 1. The molecule has 124 valence electrons. The third-order valence-corrected chi connectivity index (χ3v) is 4.06. The lowest BCUT2D eigenvalue weighted by Gasteiger charge is -2.16. The molecule has 0 spiro atoms. The number of hydrogen-bond acceptors (Lipinski definition) is 5. The van der Waals surface area contributed by atoms with E-state index in [1.165, 1.54) is 7.11 Å². The largest absolute Gasteiger partial charge is 0.504 e. The number of anilines is 1. The minimum absolute atomic E-state index is 0.0461. The van der Waals surface area contributed by atoms with Crippen molar-refractivity contribution < 1.29 is 9.84 Å². The quantitative estimate of drug-likeness (QED) is 0.736. The number of nitrogens with zero attached hydrogens (tertiary/aromatic N) is 2. The number of fused-ring (bicyclic) bond motifs is 1. The van der Waals surface area contributed by atoms with Gasteiger partial charge in [0, 0.05) is 11.4 Å². The first kappa shape index (κ1) is 16.1. The van der Waals surface area contributed by atoms with E-state index in [9.17, 15) is 5.11 Å². The highest BCUT2D eigenvalue weighted by Gasteiger charge is 2.15. The molecule has 0 saturated heterocycles. The first-order chi connectivity index (χ1) is 11.6. The SMILES string of the molecule is CC[C@@H](C)Nc1nc(-c2cccc(OC)c2O)nc2ccccc12. The Bertz CT molecular complexity index is 864. The smallest absolute Gasteiger partial charge is 0.168 e. The van der Waals surface area contributed by atoms with E-state index in [1.54, 1.807) is 12.1 Å². The van der Waals surface area contributed by atoms with Crippen LogP contribution in [0.5, 0.6) is 11.5 Å². The zero-order chi connectivity index (χ0) is 17.1. The van der Waals surface area contributed by atoms with Gasteiger partial charge < -0.3 is 15.2 Å². The molecule has 2 aromatic carbocycles. The van der Waals surface area contributed by atoms with E-state index >= 15 is 0 Å². The molecule has 5 nitrogen and oxygen atoms in total. The predicted molar refractivity (Wildman–Crippen MR) is 96.6 cm³/mol. The van der Waals surface area contributed by atoms with E-state index < -0.39 is 0 Å². The molecule has 3 rings (SSSR count). The molecule has 0 radical (unpaired) electrons. The van der Waals surface area contributed by atoms with Crippen LogP contribution in [0.1, 0.15) is 20.3 Å². The van der Waals surface area contributed by atoms with Gasteiger partial charge in [0.1, 0.15) is 5.82 Å². The average molecular weight is 323 g/mol. The molecule has 1 heterocycles. The maximum Gasteiger partial charge on any atom is 0.168 e. The number of rotatable bonds is 5. The Morgan fingerprint density at radius 3 is 2.67 bits per heavy atom. The molecule has 1 atom stereocenters. The number of phenols is 1. The van der Waals surface area contributed by atoms with Crippen molar-refractivity contribution in [1.29, 1.82) is 0 Å². The summed E-state index contributed by atoms with van der Waals surface area (Å²) in [7, 11) is 1.52. The minimum Gasteiger partial charge on any atom is -0.504 e. The molecule has 24 heavy (non-hydrogen) atoms. The summed E-state index contributed by atoms with van der Waals surface area (Å²) in [5, 5.41) is 14.8. The topological polar surface area (TPSA) is 67.3 Å². The molecule has 5 heteroatoms. The lowest BCUT2D eigenvalue weighted by molar-refractivity contribution is 0.374. The number of benzene rings is 2. The molecule has 3 aromatic rings. The molecule has 1 aromatic heterocycles. The second-order valence-electron chi connectivity index (χ2n) is 5.72. The van der Waals surface area contributed by atoms with Crippen LogP contribution < -0.4 is 10.1 Å². The molecule has 0 saturated carbocycles. The number of hydrogen-bond donors (Lipinski definition) is 2. The summed E-state index contributed by atoms with van der Waals surface area (Å²) in [4.78, 5) is 9.27. The fourth-order valence-electron chi connectivity index (χ4n) is 2.51. The number of ether oxygens (including phenoxy) is 1. The summed E-state index contributed by atoms with van der Waals surface area (Å²) in [5.41, 5.74) is 1.38. The van der Waals surface area contributed by atoms with Crippen molar-refractivity contribution in [3.63, 3.8) is 0 Å². The summed E-state index contributed by atoms with van der Waals surface area (Å²) in [6.45, 7) is 4.23. The fourth-order valence-corrected chi connectivity index (χ4v) is 2.51. The average Bonchev–Trinajstić information content (AvgIpc) is 2.61. The van der Waals surface area contributed by atoms with Gasteiger partial charge in [-0.3, -0.25) is 0 Å². The van der Waals surface area contributed by atoms with Crippen molar-refractivity contribution in [2.24, 2.45) is 0 Å². The Kier molecular flexibility index (Phi) is 4.51. The van der Waals surface area contributed by atoms with Crippen LogP contribution >= 0.6 is 0 Å². The Morgan fingerprint density at radius 1 is 1.12 bits per heavy atom. The molecule has 0 bridgehead atoms. The Morgan fingerprint density at radius 2 is 1.92 bits per heavy atom. The number of aromatic hydroxyl groups is 1. The molecule has 0 unspecified atom stereocenters. The molecule has 0 aliphatic heterocycles. The molecular weight excluding hydrogens is 302 g/mol.